The first-order chi connectivity index (χ1) is 15.3. The van der Waals surface area contributed by atoms with Gasteiger partial charge in [-0.15, -0.1) is 0 Å². The standard InChI is InChI=1S/C23H26N6O2/c30-23(25-18-6-5-7-19(16-18)28-12-3-4-13-28)29-14-9-17(10-15-29)22-26-21(27-31-22)20-8-1-2-11-24-20/h1-2,5-8,11,16-17H,3-4,9-10,12-15H2,(H,25,30). The van der Waals surface area contributed by atoms with E-state index >= 15 is 0 Å². The number of aromatic nitrogens is 3. The number of pyridine rings is 1. The van der Waals surface area contributed by atoms with Gasteiger partial charge in [0.2, 0.25) is 11.7 Å². The van der Waals surface area contributed by atoms with Gasteiger partial charge in [0.05, 0.1) is 0 Å². The molecule has 2 aromatic heterocycles. The highest BCUT2D eigenvalue weighted by Crippen LogP contribution is 2.29. The average molecular weight is 419 g/mol. The van der Waals surface area contributed by atoms with Crippen LogP contribution in [-0.2, 0) is 0 Å². The number of carbonyl (C=O) groups is 1. The summed E-state index contributed by atoms with van der Waals surface area (Å²) in [6, 6.07) is 13.7. The Morgan fingerprint density at radius 1 is 1.03 bits per heavy atom. The Labute approximate surface area is 181 Å². The van der Waals surface area contributed by atoms with E-state index < -0.39 is 0 Å². The molecule has 5 rings (SSSR count). The van der Waals surface area contributed by atoms with E-state index in [2.05, 4.69) is 37.5 Å². The van der Waals surface area contributed by atoms with E-state index in [0.717, 1.165) is 31.6 Å². The lowest BCUT2D eigenvalue weighted by atomic mass is 9.97. The summed E-state index contributed by atoms with van der Waals surface area (Å²) in [4.78, 5) is 25.8. The van der Waals surface area contributed by atoms with Crippen molar-refractivity contribution in [2.45, 2.75) is 31.6 Å². The van der Waals surface area contributed by atoms with E-state index in [1.54, 1.807) is 6.20 Å². The normalized spacial score (nSPS) is 17.2. The Balaban J connectivity index is 1.17. The monoisotopic (exact) mass is 418 g/mol. The van der Waals surface area contributed by atoms with Gasteiger partial charge in [-0.3, -0.25) is 4.98 Å². The van der Waals surface area contributed by atoms with Gasteiger partial charge in [-0.1, -0.05) is 17.3 Å². The third-order valence-corrected chi connectivity index (χ3v) is 6.04. The number of urea groups is 1. The number of nitrogens with zero attached hydrogens (tertiary/aromatic N) is 5. The molecule has 31 heavy (non-hydrogen) atoms. The van der Waals surface area contributed by atoms with Crippen LogP contribution < -0.4 is 10.2 Å². The van der Waals surface area contributed by atoms with Crippen molar-refractivity contribution in [2.24, 2.45) is 0 Å². The van der Waals surface area contributed by atoms with Gasteiger partial charge in [0.15, 0.2) is 0 Å². The molecule has 2 aliphatic rings. The minimum Gasteiger partial charge on any atom is -0.371 e. The van der Waals surface area contributed by atoms with Gasteiger partial charge >= 0.3 is 6.03 Å². The van der Waals surface area contributed by atoms with Crippen LogP contribution in [0.2, 0.25) is 0 Å². The third kappa shape index (κ3) is 4.38. The zero-order valence-corrected chi connectivity index (χ0v) is 17.4. The number of likely N-dealkylation sites (tertiary alicyclic amines) is 1. The van der Waals surface area contributed by atoms with Crippen molar-refractivity contribution in [3.8, 4) is 11.5 Å². The van der Waals surface area contributed by atoms with Crippen LogP contribution in [0.15, 0.2) is 53.2 Å². The van der Waals surface area contributed by atoms with Crippen molar-refractivity contribution in [3.05, 3.63) is 54.6 Å². The van der Waals surface area contributed by atoms with Crippen LogP contribution in [0, 0.1) is 0 Å². The van der Waals surface area contributed by atoms with Gasteiger partial charge in [-0.05, 0) is 56.0 Å². The first-order valence-corrected chi connectivity index (χ1v) is 10.9. The summed E-state index contributed by atoms with van der Waals surface area (Å²) in [6.07, 6.45) is 5.77. The van der Waals surface area contributed by atoms with Crippen molar-refractivity contribution in [1.29, 1.82) is 0 Å². The summed E-state index contributed by atoms with van der Waals surface area (Å²) in [5.74, 6) is 1.29. The third-order valence-electron chi connectivity index (χ3n) is 6.04. The minimum atomic E-state index is -0.0586. The van der Waals surface area contributed by atoms with Crippen LogP contribution in [-0.4, -0.2) is 52.2 Å². The molecule has 0 spiro atoms. The van der Waals surface area contributed by atoms with Crippen LogP contribution in [0.5, 0.6) is 0 Å². The zero-order valence-electron chi connectivity index (χ0n) is 17.4. The lowest BCUT2D eigenvalue weighted by molar-refractivity contribution is 0.187. The van der Waals surface area contributed by atoms with Crippen LogP contribution in [0.25, 0.3) is 11.5 Å². The predicted molar refractivity (Wildman–Crippen MR) is 118 cm³/mol. The number of carbonyl (C=O) groups excluding carboxylic acids is 1. The molecule has 3 aromatic rings. The van der Waals surface area contributed by atoms with Crippen LogP contribution in [0.1, 0.15) is 37.5 Å². The van der Waals surface area contributed by atoms with Crippen molar-refractivity contribution >= 4 is 17.4 Å². The molecule has 0 bridgehead atoms. The molecule has 2 aliphatic heterocycles. The van der Waals surface area contributed by atoms with Gasteiger partial charge in [-0.25, -0.2) is 4.79 Å². The average Bonchev–Trinajstić information content (AvgIpc) is 3.53. The Morgan fingerprint density at radius 3 is 2.65 bits per heavy atom. The first-order valence-electron chi connectivity index (χ1n) is 10.9. The molecule has 0 radical (unpaired) electrons. The van der Waals surface area contributed by atoms with Gasteiger partial charge in [0.25, 0.3) is 0 Å². The molecule has 2 fully saturated rings. The molecule has 0 atom stereocenters. The van der Waals surface area contributed by atoms with Gasteiger partial charge in [0, 0.05) is 49.7 Å². The molecule has 4 heterocycles. The number of rotatable bonds is 4. The number of benzene rings is 1. The highest BCUT2D eigenvalue weighted by atomic mass is 16.5. The van der Waals surface area contributed by atoms with Crippen LogP contribution in [0.4, 0.5) is 16.2 Å². The first kappa shape index (κ1) is 19.5. The Bertz CT molecular complexity index is 1020. The molecular weight excluding hydrogens is 392 g/mol. The van der Waals surface area contributed by atoms with E-state index in [9.17, 15) is 4.79 Å². The number of nitrogens with one attached hydrogen (secondary N) is 1. The topological polar surface area (TPSA) is 87.4 Å². The molecule has 160 valence electrons. The maximum atomic E-state index is 12.8. The summed E-state index contributed by atoms with van der Waals surface area (Å²) >= 11 is 0. The van der Waals surface area contributed by atoms with Crippen molar-refractivity contribution < 1.29 is 9.32 Å². The van der Waals surface area contributed by atoms with Crippen molar-refractivity contribution in [2.75, 3.05) is 36.4 Å². The fourth-order valence-corrected chi connectivity index (χ4v) is 4.29. The maximum Gasteiger partial charge on any atom is 0.321 e. The lowest BCUT2D eigenvalue weighted by Crippen LogP contribution is -2.40. The summed E-state index contributed by atoms with van der Waals surface area (Å²) in [5, 5.41) is 7.12. The van der Waals surface area contributed by atoms with Gasteiger partial charge in [-0.2, -0.15) is 4.98 Å². The van der Waals surface area contributed by atoms with Crippen LogP contribution >= 0.6 is 0 Å². The number of amides is 2. The highest BCUT2D eigenvalue weighted by molar-refractivity contribution is 5.90. The van der Waals surface area contributed by atoms with Gasteiger partial charge in [0.1, 0.15) is 5.69 Å². The van der Waals surface area contributed by atoms with E-state index in [0.29, 0.717) is 30.5 Å². The fourth-order valence-electron chi connectivity index (χ4n) is 4.29. The SMILES string of the molecule is O=C(Nc1cccc(N2CCCC2)c1)N1CCC(c2nc(-c3ccccn3)no2)CC1. The number of anilines is 2. The highest BCUT2D eigenvalue weighted by Gasteiger charge is 2.28. The quantitative estimate of drug-likeness (QED) is 0.685. The molecule has 8 heteroatoms. The lowest BCUT2D eigenvalue weighted by Gasteiger charge is -2.30. The second-order valence-electron chi connectivity index (χ2n) is 8.11. The van der Waals surface area contributed by atoms with Crippen molar-refractivity contribution in [1.82, 2.24) is 20.0 Å². The van der Waals surface area contributed by atoms with Gasteiger partial charge < -0.3 is 19.6 Å². The molecule has 2 saturated heterocycles. The maximum absolute atomic E-state index is 12.8. The smallest absolute Gasteiger partial charge is 0.321 e. The van der Waals surface area contributed by atoms with E-state index in [-0.39, 0.29) is 11.9 Å². The van der Waals surface area contributed by atoms with E-state index in [4.69, 9.17) is 4.52 Å². The summed E-state index contributed by atoms with van der Waals surface area (Å²) < 4.78 is 5.49. The molecule has 1 aromatic carbocycles. The molecule has 1 N–H and O–H groups in total. The Morgan fingerprint density at radius 2 is 1.87 bits per heavy atom. The zero-order chi connectivity index (χ0) is 21.0. The predicted octanol–water partition coefficient (Wildman–Crippen LogP) is 4.14. The largest absolute Gasteiger partial charge is 0.371 e. The minimum absolute atomic E-state index is 0.0586. The van der Waals surface area contributed by atoms with Crippen molar-refractivity contribution in [3.63, 3.8) is 0 Å². The molecule has 0 unspecified atom stereocenters. The summed E-state index contributed by atoms with van der Waals surface area (Å²) in [6.45, 7) is 3.48. The fraction of sp³-hybridized carbons (Fsp3) is 0.391. The molecule has 2 amide bonds. The van der Waals surface area contributed by atoms with E-state index in [1.807, 2.05) is 35.2 Å². The Kier molecular flexibility index (Phi) is 5.52. The molecule has 8 nitrogen and oxygen atoms in total. The number of piperidine rings is 1. The summed E-state index contributed by atoms with van der Waals surface area (Å²) in [7, 11) is 0. The second kappa shape index (κ2) is 8.75. The second-order valence-corrected chi connectivity index (χ2v) is 8.11. The summed E-state index contributed by atoms with van der Waals surface area (Å²) in [5.41, 5.74) is 2.72. The number of hydrogen-bond donors (Lipinski definition) is 1. The molecule has 0 saturated carbocycles. The Hall–Kier alpha value is -3.42. The van der Waals surface area contributed by atoms with Crippen LogP contribution in [0.3, 0.4) is 0 Å². The van der Waals surface area contributed by atoms with E-state index in [1.165, 1.54) is 18.5 Å². The molecular formula is C23H26N6O2. The molecule has 0 aliphatic carbocycles. The number of hydrogen-bond acceptors (Lipinski definition) is 6.